The Kier molecular flexibility index (Phi) is 3.02. The third-order valence-electron chi connectivity index (χ3n) is 3.61. The average molecular weight is 286 g/mol. The quantitative estimate of drug-likeness (QED) is 0.667. The van der Waals surface area contributed by atoms with E-state index >= 15 is 0 Å². The van der Waals surface area contributed by atoms with Crippen LogP contribution in [-0.4, -0.2) is 14.8 Å². The molecule has 20 heavy (non-hydrogen) atoms. The van der Waals surface area contributed by atoms with Gasteiger partial charge in [0.05, 0.1) is 22.1 Å². The Morgan fingerprint density at radius 2 is 1.60 bits per heavy atom. The molecule has 1 aromatic carbocycles. The van der Waals surface area contributed by atoms with E-state index in [-0.39, 0.29) is 0 Å². The van der Waals surface area contributed by atoms with Gasteiger partial charge in [-0.15, -0.1) is 0 Å². The van der Waals surface area contributed by atoms with Crippen LogP contribution >= 0.6 is 11.6 Å². The summed E-state index contributed by atoms with van der Waals surface area (Å²) in [5.41, 5.74) is 5.95. The first-order valence-corrected chi connectivity index (χ1v) is 6.96. The molecule has 3 nitrogen and oxygen atoms in total. The number of nitrogens with zero attached hydrogens (tertiary/aromatic N) is 3. The molecule has 0 atom stereocenters. The van der Waals surface area contributed by atoms with Crippen molar-refractivity contribution in [2.75, 3.05) is 0 Å². The van der Waals surface area contributed by atoms with Gasteiger partial charge in [0.1, 0.15) is 0 Å². The SMILES string of the molecule is Cc1ccc(-n2nc(C)c3c(C)c(Cl)c(C)nc32)cc1. The van der Waals surface area contributed by atoms with E-state index in [4.69, 9.17) is 11.6 Å². The molecule has 4 heteroatoms. The fourth-order valence-corrected chi connectivity index (χ4v) is 2.65. The van der Waals surface area contributed by atoms with Crippen molar-refractivity contribution >= 4 is 22.6 Å². The highest BCUT2D eigenvalue weighted by atomic mass is 35.5. The zero-order chi connectivity index (χ0) is 14.4. The predicted octanol–water partition coefficient (Wildman–Crippen LogP) is 4.31. The van der Waals surface area contributed by atoms with Crippen LogP contribution in [0.5, 0.6) is 0 Å². The zero-order valence-corrected chi connectivity index (χ0v) is 12.8. The van der Waals surface area contributed by atoms with Crippen LogP contribution in [0.4, 0.5) is 0 Å². The lowest BCUT2D eigenvalue weighted by Gasteiger charge is -2.06. The van der Waals surface area contributed by atoms with Gasteiger partial charge < -0.3 is 0 Å². The molecule has 0 aliphatic rings. The van der Waals surface area contributed by atoms with E-state index in [1.807, 2.05) is 25.5 Å². The summed E-state index contributed by atoms with van der Waals surface area (Å²) in [5.74, 6) is 0. The topological polar surface area (TPSA) is 30.7 Å². The standard InChI is InChI=1S/C16H16ClN3/c1-9-5-7-13(8-6-9)20-16-14(11(3)19-20)10(2)15(17)12(4)18-16/h5-8H,1-4H3. The van der Waals surface area contributed by atoms with Crippen LogP contribution in [-0.2, 0) is 0 Å². The molecule has 0 saturated heterocycles. The smallest absolute Gasteiger partial charge is 0.163 e. The molecule has 2 aromatic heterocycles. The number of hydrogen-bond acceptors (Lipinski definition) is 2. The van der Waals surface area contributed by atoms with Crippen LogP contribution < -0.4 is 0 Å². The molecule has 0 spiro atoms. The minimum atomic E-state index is 0.726. The number of aryl methyl sites for hydroxylation is 4. The van der Waals surface area contributed by atoms with E-state index in [2.05, 4.69) is 41.3 Å². The Balaban J connectivity index is 2.35. The van der Waals surface area contributed by atoms with Gasteiger partial charge in [0.15, 0.2) is 5.65 Å². The monoisotopic (exact) mass is 285 g/mol. The summed E-state index contributed by atoms with van der Waals surface area (Å²) in [6, 6.07) is 8.27. The molecule has 0 unspecified atom stereocenters. The maximum absolute atomic E-state index is 6.31. The van der Waals surface area contributed by atoms with Crippen molar-refractivity contribution in [2.24, 2.45) is 0 Å². The van der Waals surface area contributed by atoms with E-state index in [0.29, 0.717) is 0 Å². The van der Waals surface area contributed by atoms with Gasteiger partial charge in [0.2, 0.25) is 0 Å². The number of aromatic nitrogens is 3. The molecule has 0 aliphatic carbocycles. The minimum absolute atomic E-state index is 0.726. The van der Waals surface area contributed by atoms with Gasteiger partial charge in [-0.25, -0.2) is 9.67 Å². The largest absolute Gasteiger partial charge is 0.232 e. The Labute approximate surface area is 123 Å². The van der Waals surface area contributed by atoms with Crippen LogP contribution in [0.2, 0.25) is 5.02 Å². The second kappa shape index (κ2) is 4.60. The molecule has 2 heterocycles. The molecule has 102 valence electrons. The van der Waals surface area contributed by atoms with Gasteiger partial charge in [0.25, 0.3) is 0 Å². The highest BCUT2D eigenvalue weighted by Crippen LogP contribution is 2.30. The first-order chi connectivity index (χ1) is 9.49. The molecule has 0 saturated carbocycles. The normalized spacial score (nSPS) is 11.2. The van der Waals surface area contributed by atoms with Crippen molar-refractivity contribution in [3.8, 4) is 5.69 Å². The molecule has 0 aliphatic heterocycles. The number of hydrogen-bond donors (Lipinski definition) is 0. The van der Waals surface area contributed by atoms with Gasteiger partial charge >= 0.3 is 0 Å². The first kappa shape index (κ1) is 13.1. The summed E-state index contributed by atoms with van der Waals surface area (Å²) in [5, 5.41) is 6.40. The fourth-order valence-electron chi connectivity index (χ4n) is 2.51. The zero-order valence-electron chi connectivity index (χ0n) is 12.0. The summed E-state index contributed by atoms with van der Waals surface area (Å²) >= 11 is 6.31. The van der Waals surface area contributed by atoms with Crippen LogP contribution in [0.1, 0.15) is 22.5 Å². The molecule has 3 aromatic rings. The third kappa shape index (κ3) is 1.90. The van der Waals surface area contributed by atoms with Crippen molar-refractivity contribution in [2.45, 2.75) is 27.7 Å². The van der Waals surface area contributed by atoms with E-state index in [9.17, 15) is 0 Å². The van der Waals surface area contributed by atoms with Crippen LogP contribution in [0.3, 0.4) is 0 Å². The van der Waals surface area contributed by atoms with E-state index in [1.165, 1.54) is 5.56 Å². The number of rotatable bonds is 1. The summed E-state index contributed by atoms with van der Waals surface area (Å²) in [4.78, 5) is 4.62. The van der Waals surface area contributed by atoms with E-state index in [1.54, 1.807) is 0 Å². The summed E-state index contributed by atoms with van der Waals surface area (Å²) in [7, 11) is 0. The lowest BCUT2D eigenvalue weighted by Crippen LogP contribution is -1.99. The fraction of sp³-hybridized carbons (Fsp3) is 0.250. The summed E-state index contributed by atoms with van der Waals surface area (Å²) in [6.07, 6.45) is 0. The average Bonchev–Trinajstić information content (AvgIpc) is 2.74. The van der Waals surface area contributed by atoms with Crippen LogP contribution in [0.25, 0.3) is 16.7 Å². The van der Waals surface area contributed by atoms with E-state index in [0.717, 1.165) is 38.7 Å². The molecular weight excluding hydrogens is 270 g/mol. The van der Waals surface area contributed by atoms with Gasteiger partial charge in [0, 0.05) is 5.39 Å². The maximum Gasteiger partial charge on any atom is 0.163 e. The van der Waals surface area contributed by atoms with Gasteiger partial charge in [-0.2, -0.15) is 5.10 Å². The highest BCUT2D eigenvalue weighted by molar-refractivity contribution is 6.32. The van der Waals surface area contributed by atoms with Gasteiger partial charge in [-0.05, 0) is 45.4 Å². The molecule has 0 bridgehead atoms. The summed E-state index contributed by atoms with van der Waals surface area (Å²) < 4.78 is 1.89. The van der Waals surface area contributed by atoms with Crippen molar-refractivity contribution in [3.63, 3.8) is 0 Å². The molecular formula is C16H16ClN3. The highest BCUT2D eigenvalue weighted by Gasteiger charge is 2.16. The van der Waals surface area contributed by atoms with Gasteiger partial charge in [-0.1, -0.05) is 29.3 Å². The molecule has 0 N–H and O–H groups in total. The molecule has 0 radical (unpaired) electrons. The maximum atomic E-state index is 6.31. The second-order valence-electron chi connectivity index (χ2n) is 5.17. The molecule has 3 rings (SSSR count). The lowest BCUT2D eigenvalue weighted by atomic mass is 10.1. The Bertz CT molecular complexity index is 801. The van der Waals surface area contributed by atoms with Crippen molar-refractivity contribution in [1.29, 1.82) is 0 Å². The number of pyridine rings is 1. The Morgan fingerprint density at radius 3 is 2.25 bits per heavy atom. The number of fused-ring (bicyclic) bond motifs is 1. The molecule has 0 fully saturated rings. The van der Waals surface area contributed by atoms with Crippen molar-refractivity contribution in [3.05, 3.63) is 51.8 Å². The van der Waals surface area contributed by atoms with Crippen LogP contribution in [0, 0.1) is 27.7 Å². The minimum Gasteiger partial charge on any atom is -0.232 e. The summed E-state index contributed by atoms with van der Waals surface area (Å²) in [6.45, 7) is 8.01. The second-order valence-corrected chi connectivity index (χ2v) is 5.55. The lowest BCUT2D eigenvalue weighted by molar-refractivity contribution is 0.875. The number of halogens is 1. The van der Waals surface area contributed by atoms with Crippen LogP contribution in [0.15, 0.2) is 24.3 Å². The third-order valence-corrected chi connectivity index (χ3v) is 4.17. The first-order valence-electron chi connectivity index (χ1n) is 6.58. The van der Waals surface area contributed by atoms with Crippen molar-refractivity contribution < 1.29 is 0 Å². The van der Waals surface area contributed by atoms with Gasteiger partial charge in [-0.3, -0.25) is 0 Å². The van der Waals surface area contributed by atoms with E-state index < -0.39 is 0 Å². The Hall–Kier alpha value is -1.87. The predicted molar refractivity (Wildman–Crippen MR) is 82.8 cm³/mol. The molecule has 0 amide bonds. The van der Waals surface area contributed by atoms with Crippen molar-refractivity contribution in [1.82, 2.24) is 14.8 Å². The Morgan fingerprint density at radius 1 is 0.950 bits per heavy atom. The number of benzene rings is 1.